The van der Waals surface area contributed by atoms with E-state index in [1.165, 1.54) is 5.56 Å². The van der Waals surface area contributed by atoms with Crippen LogP contribution in [0.2, 0.25) is 0 Å². The Labute approximate surface area is 108 Å². The van der Waals surface area contributed by atoms with Crippen molar-refractivity contribution in [2.75, 3.05) is 13.1 Å². The highest BCUT2D eigenvalue weighted by molar-refractivity contribution is 5.13. The molecule has 1 aromatic rings. The van der Waals surface area contributed by atoms with Crippen LogP contribution in [0.15, 0.2) is 30.3 Å². The summed E-state index contributed by atoms with van der Waals surface area (Å²) < 4.78 is 5.99. The Morgan fingerprint density at radius 2 is 2.00 bits per heavy atom. The first kappa shape index (κ1) is 12.2. The molecule has 3 heteroatoms. The monoisotopic (exact) mass is 247 g/mol. The van der Waals surface area contributed by atoms with Crippen molar-refractivity contribution in [3.05, 3.63) is 35.9 Å². The van der Waals surface area contributed by atoms with Crippen LogP contribution in [0, 0.1) is 0 Å². The molecule has 98 valence electrons. The number of hydrogen-bond acceptors (Lipinski definition) is 3. The lowest BCUT2D eigenvalue weighted by atomic mass is 9.99. The maximum Gasteiger partial charge on any atom is 0.0721 e. The number of aliphatic hydroxyl groups is 1. The molecule has 2 saturated heterocycles. The summed E-state index contributed by atoms with van der Waals surface area (Å²) in [6.45, 7) is 2.71. The summed E-state index contributed by atoms with van der Waals surface area (Å²) in [5, 5.41) is 9.84. The average Bonchev–Trinajstić information content (AvgIpc) is 2.79. The van der Waals surface area contributed by atoms with Gasteiger partial charge in [0.05, 0.1) is 18.8 Å². The van der Waals surface area contributed by atoms with Crippen LogP contribution in [0.25, 0.3) is 0 Å². The molecule has 3 atom stereocenters. The lowest BCUT2D eigenvalue weighted by molar-refractivity contribution is -0.0304. The van der Waals surface area contributed by atoms with Gasteiger partial charge in [-0.25, -0.2) is 0 Å². The fraction of sp³-hybridized carbons (Fsp3) is 0.600. The Morgan fingerprint density at radius 3 is 2.83 bits per heavy atom. The van der Waals surface area contributed by atoms with Crippen LogP contribution in [-0.2, 0) is 11.3 Å². The zero-order valence-corrected chi connectivity index (χ0v) is 10.7. The van der Waals surface area contributed by atoms with Gasteiger partial charge in [0.1, 0.15) is 0 Å². The van der Waals surface area contributed by atoms with Crippen LogP contribution >= 0.6 is 0 Å². The molecule has 0 amide bonds. The van der Waals surface area contributed by atoms with E-state index in [4.69, 9.17) is 4.74 Å². The Bertz CT molecular complexity index is 381. The molecule has 2 heterocycles. The maximum atomic E-state index is 9.84. The first-order chi connectivity index (χ1) is 8.83. The average molecular weight is 247 g/mol. The fourth-order valence-electron chi connectivity index (χ4n) is 3.14. The van der Waals surface area contributed by atoms with Gasteiger partial charge in [-0.15, -0.1) is 0 Å². The van der Waals surface area contributed by atoms with Crippen molar-refractivity contribution in [3.8, 4) is 0 Å². The van der Waals surface area contributed by atoms with Crippen molar-refractivity contribution in [2.24, 2.45) is 0 Å². The zero-order chi connectivity index (χ0) is 12.4. The molecule has 0 unspecified atom stereocenters. The van der Waals surface area contributed by atoms with Gasteiger partial charge < -0.3 is 9.84 Å². The van der Waals surface area contributed by atoms with Crippen LogP contribution < -0.4 is 0 Å². The van der Waals surface area contributed by atoms with Gasteiger partial charge in [0.25, 0.3) is 0 Å². The molecule has 0 saturated carbocycles. The van der Waals surface area contributed by atoms with Crippen molar-refractivity contribution in [1.29, 1.82) is 0 Å². The lowest BCUT2D eigenvalue weighted by Gasteiger charge is -2.35. The summed E-state index contributed by atoms with van der Waals surface area (Å²) in [6, 6.07) is 10.7. The van der Waals surface area contributed by atoms with Gasteiger partial charge in [-0.3, -0.25) is 4.90 Å². The fourth-order valence-corrected chi connectivity index (χ4v) is 3.14. The number of rotatable bonds is 3. The summed E-state index contributed by atoms with van der Waals surface area (Å²) in [5.41, 5.74) is 1.24. The molecule has 2 fully saturated rings. The molecule has 1 aromatic carbocycles. The van der Waals surface area contributed by atoms with E-state index in [1.807, 2.05) is 18.2 Å². The first-order valence-corrected chi connectivity index (χ1v) is 6.90. The minimum Gasteiger partial charge on any atom is -0.391 e. The third-order valence-electron chi connectivity index (χ3n) is 4.18. The van der Waals surface area contributed by atoms with E-state index >= 15 is 0 Å². The Hall–Kier alpha value is -0.900. The first-order valence-electron chi connectivity index (χ1n) is 6.90. The molecule has 1 N–H and O–H groups in total. The van der Waals surface area contributed by atoms with Gasteiger partial charge in [-0.05, 0) is 24.8 Å². The molecule has 18 heavy (non-hydrogen) atoms. The summed E-state index contributed by atoms with van der Waals surface area (Å²) in [4.78, 5) is 2.39. The van der Waals surface area contributed by atoms with Crippen molar-refractivity contribution in [3.63, 3.8) is 0 Å². The Balaban J connectivity index is 1.50. The molecule has 0 bridgehead atoms. The highest BCUT2D eigenvalue weighted by atomic mass is 16.5. The van der Waals surface area contributed by atoms with Crippen LogP contribution in [0.3, 0.4) is 0 Å². The Morgan fingerprint density at radius 1 is 1.17 bits per heavy atom. The molecule has 3 rings (SSSR count). The number of nitrogens with zero attached hydrogens (tertiary/aromatic N) is 1. The second-order valence-corrected chi connectivity index (χ2v) is 5.41. The Kier molecular flexibility index (Phi) is 3.64. The molecule has 2 aliphatic heterocycles. The predicted octanol–water partition coefficient (Wildman–Crippen LogP) is 1.80. The third-order valence-corrected chi connectivity index (χ3v) is 4.18. The SMILES string of the molecule is O[C@@H]1CCN2C[C@H](OCc3ccccc3)CC[C@@H]12. The van der Waals surface area contributed by atoms with E-state index in [2.05, 4.69) is 17.0 Å². The largest absolute Gasteiger partial charge is 0.391 e. The van der Waals surface area contributed by atoms with E-state index in [9.17, 15) is 5.11 Å². The lowest BCUT2D eigenvalue weighted by Crippen LogP contribution is -2.45. The molecule has 0 radical (unpaired) electrons. The van der Waals surface area contributed by atoms with Crippen LogP contribution in [-0.4, -0.2) is 41.3 Å². The predicted molar refractivity (Wildman–Crippen MR) is 70.2 cm³/mol. The molecule has 3 nitrogen and oxygen atoms in total. The normalized spacial score (nSPS) is 32.4. The smallest absolute Gasteiger partial charge is 0.0721 e. The molecular weight excluding hydrogens is 226 g/mol. The molecule has 0 spiro atoms. The second kappa shape index (κ2) is 5.39. The third kappa shape index (κ3) is 2.58. The van der Waals surface area contributed by atoms with Crippen molar-refractivity contribution in [1.82, 2.24) is 4.90 Å². The van der Waals surface area contributed by atoms with E-state index in [0.29, 0.717) is 18.8 Å². The number of ether oxygens (including phenoxy) is 1. The molecular formula is C15H21NO2. The van der Waals surface area contributed by atoms with E-state index in [1.54, 1.807) is 0 Å². The summed E-state index contributed by atoms with van der Waals surface area (Å²) >= 11 is 0. The van der Waals surface area contributed by atoms with Gasteiger partial charge in [-0.2, -0.15) is 0 Å². The van der Waals surface area contributed by atoms with Crippen molar-refractivity contribution in [2.45, 2.75) is 44.1 Å². The van der Waals surface area contributed by atoms with Crippen LogP contribution in [0.5, 0.6) is 0 Å². The number of aliphatic hydroxyl groups excluding tert-OH is 1. The van der Waals surface area contributed by atoms with E-state index in [0.717, 1.165) is 32.4 Å². The highest BCUT2D eigenvalue weighted by Gasteiger charge is 2.37. The van der Waals surface area contributed by atoms with Gasteiger partial charge in [-0.1, -0.05) is 30.3 Å². The summed E-state index contributed by atoms with van der Waals surface area (Å²) in [7, 11) is 0. The van der Waals surface area contributed by atoms with Crippen LogP contribution in [0.1, 0.15) is 24.8 Å². The number of fused-ring (bicyclic) bond motifs is 1. The molecule has 2 aliphatic rings. The number of piperidine rings is 1. The number of hydrogen-bond donors (Lipinski definition) is 1. The van der Waals surface area contributed by atoms with Gasteiger partial charge >= 0.3 is 0 Å². The molecule has 0 aliphatic carbocycles. The quantitative estimate of drug-likeness (QED) is 0.884. The van der Waals surface area contributed by atoms with Crippen molar-refractivity contribution < 1.29 is 9.84 Å². The van der Waals surface area contributed by atoms with Crippen LogP contribution in [0.4, 0.5) is 0 Å². The maximum absolute atomic E-state index is 9.84. The highest BCUT2D eigenvalue weighted by Crippen LogP contribution is 2.28. The number of benzene rings is 1. The van der Waals surface area contributed by atoms with Gasteiger partial charge in [0.15, 0.2) is 0 Å². The summed E-state index contributed by atoms with van der Waals surface area (Å²) in [5.74, 6) is 0. The van der Waals surface area contributed by atoms with Gasteiger partial charge in [0, 0.05) is 19.1 Å². The van der Waals surface area contributed by atoms with Crippen molar-refractivity contribution >= 4 is 0 Å². The summed E-state index contributed by atoms with van der Waals surface area (Å²) in [6.07, 6.45) is 3.29. The molecule has 0 aromatic heterocycles. The second-order valence-electron chi connectivity index (χ2n) is 5.41. The van der Waals surface area contributed by atoms with E-state index in [-0.39, 0.29) is 6.10 Å². The van der Waals surface area contributed by atoms with Gasteiger partial charge in [0.2, 0.25) is 0 Å². The zero-order valence-electron chi connectivity index (χ0n) is 10.7. The van der Waals surface area contributed by atoms with E-state index < -0.39 is 0 Å². The topological polar surface area (TPSA) is 32.7 Å². The minimum absolute atomic E-state index is 0.111. The standard InChI is InChI=1S/C15H21NO2/c17-15-8-9-16-10-13(6-7-14(15)16)18-11-12-4-2-1-3-5-12/h1-5,13-15,17H,6-11H2/t13-,14+,15-/m1/s1. The minimum atomic E-state index is -0.111.